The van der Waals surface area contributed by atoms with Crippen molar-refractivity contribution in [3.8, 4) is 0 Å². The van der Waals surface area contributed by atoms with Gasteiger partial charge in [-0.15, -0.1) is 0 Å². The molecule has 1 atom stereocenters. The van der Waals surface area contributed by atoms with E-state index in [1.54, 1.807) is 17.2 Å². The second-order valence-corrected chi connectivity index (χ2v) is 6.76. The van der Waals surface area contributed by atoms with Crippen LogP contribution in [0.2, 0.25) is 0 Å². The van der Waals surface area contributed by atoms with Gasteiger partial charge in [0.2, 0.25) is 5.91 Å². The first-order valence-electron chi connectivity index (χ1n) is 8.69. The second-order valence-electron chi connectivity index (χ2n) is 6.76. The molecule has 2 aliphatic heterocycles. The molecule has 2 aromatic rings. The third-order valence-corrected chi connectivity index (χ3v) is 5.02. The minimum absolute atomic E-state index is 0.000953. The largest absolute Gasteiger partial charge is 0.373 e. The number of hydrogen-bond donors (Lipinski definition) is 2. The molecule has 25 heavy (non-hydrogen) atoms. The first kappa shape index (κ1) is 15.7. The smallest absolute Gasteiger partial charge is 0.270 e. The molecule has 0 bridgehead atoms. The van der Waals surface area contributed by atoms with Crippen molar-refractivity contribution in [2.75, 3.05) is 31.5 Å². The average molecular weight is 338 g/mol. The maximum absolute atomic E-state index is 12.8. The van der Waals surface area contributed by atoms with Crippen LogP contribution in [-0.4, -0.2) is 58.8 Å². The zero-order valence-electron chi connectivity index (χ0n) is 14.3. The molecule has 0 unspecified atom stereocenters. The van der Waals surface area contributed by atoms with E-state index in [4.69, 9.17) is 0 Å². The van der Waals surface area contributed by atoms with Crippen molar-refractivity contribution in [3.05, 3.63) is 53.3 Å². The van der Waals surface area contributed by atoms with Gasteiger partial charge in [-0.05, 0) is 30.7 Å². The van der Waals surface area contributed by atoms with Crippen LogP contribution in [0.1, 0.15) is 21.6 Å². The molecule has 0 aliphatic carbocycles. The van der Waals surface area contributed by atoms with Crippen LogP contribution in [0, 0.1) is 6.92 Å². The van der Waals surface area contributed by atoms with E-state index in [0.717, 1.165) is 12.1 Å². The fourth-order valence-corrected chi connectivity index (χ4v) is 3.62. The Kier molecular flexibility index (Phi) is 3.95. The molecule has 2 aliphatic rings. The molecule has 0 spiro atoms. The van der Waals surface area contributed by atoms with Gasteiger partial charge < -0.3 is 20.1 Å². The summed E-state index contributed by atoms with van der Waals surface area (Å²) in [5, 5.41) is 3.34. The number of anilines is 1. The molecule has 130 valence electrons. The Morgan fingerprint density at radius 1 is 1.08 bits per heavy atom. The molecule has 1 aromatic carbocycles. The van der Waals surface area contributed by atoms with Crippen LogP contribution < -0.4 is 5.32 Å². The molecule has 2 amide bonds. The fourth-order valence-electron chi connectivity index (χ4n) is 3.62. The molecular weight excluding hydrogens is 316 g/mol. The lowest BCUT2D eigenvalue weighted by Gasteiger charge is -2.35. The Labute approximate surface area is 146 Å². The number of aromatic nitrogens is 1. The van der Waals surface area contributed by atoms with Crippen molar-refractivity contribution in [1.82, 2.24) is 14.8 Å². The average Bonchev–Trinajstić information content (AvgIpc) is 3.30. The van der Waals surface area contributed by atoms with E-state index in [1.165, 1.54) is 11.1 Å². The zero-order chi connectivity index (χ0) is 17.4. The number of H-pyrrole nitrogens is 1. The van der Waals surface area contributed by atoms with Gasteiger partial charge in [0.15, 0.2) is 0 Å². The minimum Gasteiger partial charge on any atom is -0.373 e. The van der Waals surface area contributed by atoms with Gasteiger partial charge in [0, 0.05) is 44.5 Å². The number of benzene rings is 1. The summed E-state index contributed by atoms with van der Waals surface area (Å²) in [4.78, 5) is 31.8. The van der Waals surface area contributed by atoms with Gasteiger partial charge in [-0.25, -0.2) is 0 Å². The molecule has 6 nitrogen and oxygen atoms in total. The maximum atomic E-state index is 12.8. The summed E-state index contributed by atoms with van der Waals surface area (Å²) in [6.07, 6.45) is 2.48. The fraction of sp³-hybridized carbons (Fsp3) is 0.368. The highest BCUT2D eigenvalue weighted by molar-refractivity contribution is 5.93. The monoisotopic (exact) mass is 338 g/mol. The number of rotatable bonds is 2. The molecule has 1 aromatic heterocycles. The molecule has 4 rings (SSSR count). The topological polar surface area (TPSA) is 68.4 Å². The Bertz CT molecular complexity index is 792. The standard InChI is InChI=1S/C19H22N4O2/c1-13-4-5-15-14(11-13)12-17(21-15)19(25)23-9-7-22(8-10-23)18(24)16-3-2-6-20-16/h2-6,11,17,20-21H,7-10,12H2,1H3/t17-/m1/s1. The van der Waals surface area contributed by atoms with Crippen LogP contribution in [0.25, 0.3) is 0 Å². The van der Waals surface area contributed by atoms with E-state index in [1.807, 2.05) is 17.0 Å². The van der Waals surface area contributed by atoms with Gasteiger partial charge in [0.1, 0.15) is 11.7 Å². The number of nitrogens with one attached hydrogen (secondary N) is 2. The summed E-state index contributed by atoms with van der Waals surface area (Å²) in [6.45, 7) is 4.37. The van der Waals surface area contributed by atoms with E-state index in [-0.39, 0.29) is 17.9 Å². The molecule has 3 heterocycles. The van der Waals surface area contributed by atoms with E-state index in [2.05, 4.69) is 29.4 Å². The highest BCUT2D eigenvalue weighted by Crippen LogP contribution is 2.27. The van der Waals surface area contributed by atoms with E-state index in [9.17, 15) is 9.59 Å². The summed E-state index contributed by atoms with van der Waals surface area (Å²) < 4.78 is 0. The minimum atomic E-state index is -0.192. The Morgan fingerprint density at radius 3 is 2.56 bits per heavy atom. The Hall–Kier alpha value is -2.76. The maximum Gasteiger partial charge on any atom is 0.270 e. The van der Waals surface area contributed by atoms with Gasteiger partial charge in [0.05, 0.1) is 0 Å². The SMILES string of the molecule is Cc1ccc2c(c1)C[C@H](C(=O)N1CCN(C(=O)c3ccc[nH]3)CC1)N2. The summed E-state index contributed by atoms with van der Waals surface area (Å²) in [7, 11) is 0. The molecule has 0 saturated carbocycles. The molecule has 2 N–H and O–H groups in total. The van der Waals surface area contributed by atoms with Crippen LogP contribution in [-0.2, 0) is 11.2 Å². The van der Waals surface area contributed by atoms with Gasteiger partial charge >= 0.3 is 0 Å². The second kappa shape index (κ2) is 6.27. The molecule has 6 heteroatoms. The third kappa shape index (κ3) is 2.99. The number of fused-ring (bicyclic) bond motifs is 1. The number of carbonyl (C=O) groups excluding carboxylic acids is 2. The summed E-state index contributed by atoms with van der Waals surface area (Å²) in [5.74, 6) is 0.125. The van der Waals surface area contributed by atoms with Crippen molar-refractivity contribution in [2.45, 2.75) is 19.4 Å². The van der Waals surface area contributed by atoms with Crippen molar-refractivity contribution in [2.24, 2.45) is 0 Å². The number of aryl methyl sites for hydroxylation is 1. The normalized spacial score (nSPS) is 19.5. The molecule has 0 radical (unpaired) electrons. The van der Waals surface area contributed by atoms with Crippen LogP contribution in [0.15, 0.2) is 36.5 Å². The predicted molar refractivity (Wildman–Crippen MR) is 95.6 cm³/mol. The van der Waals surface area contributed by atoms with Crippen molar-refractivity contribution >= 4 is 17.5 Å². The van der Waals surface area contributed by atoms with Crippen molar-refractivity contribution < 1.29 is 9.59 Å². The lowest BCUT2D eigenvalue weighted by molar-refractivity contribution is -0.133. The van der Waals surface area contributed by atoms with Crippen LogP contribution in [0.5, 0.6) is 0 Å². The number of nitrogens with zero attached hydrogens (tertiary/aromatic N) is 2. The lowest BCUT2D eigenvalue weighted by Crippen LogP contribution is -2.53. The first-order valence-corrected chi connectivity index (χ1v) is 8.69. The van der Waals surface area contributed by atoms with Crippen LogP contribution >= 0.6 is 0 Å². The van der Waals surface area contributed by atoms with Gasteiger partial charge in [-0.3, -0.25) is 9.59 Å². The summed E-state index contributed by atoms with van der Waals surface area (Å²) in [6, 6.07) is 9.65. The summed E-state index contributed by atoms with van der Waals surface area (Å²) >= 11 is 0. The van der Waals surface area contributed by atoms with Gasteiger partial charge in [-0.1, -0.05) is 17.7 Å². The van der Waals surface area contributed by atoms with Crippen molar-refractivity contribution in [3.63, 3.8) is 0 Å². The molecule has 1 fully saturated rings. The highest BCUT2D eigenvalue weighted by atomic mass is 16.2. The molecule has 1 saturated heterocycles. The molecular formula is C19H22N4O2. The Balaban J connectivity index is 1.35. The first-order chi connectivity index (χ1) is 12.1. The third-order valence-electron chi connectivity index (χ3n) is 5.02. The number of amides is 2. The van der Waals surface area contributed by atoms with Crippen LogP contribution in [0.3, 0.4) is 0 Å². The number of hydrogen-bond acceptors (Lipinski definition) is 3. The van der Waals surface area contributed by atoms with Gasteiger partial charge in [-0.2, -0.15) is 0 Å². The number of carbonyl (C=O) groups is 2. The van der Waals surface area contributed by atoms with Crippen molar-refractivity contribution in [1.29, 1.82) is 0 Å². The highest BCUT2D eigenvalue weighted by Gasteiger charge is 2.32. The quantitative estimate of drug-likeness (QED) is 0.875. The number of piperazine rings is 1. The summed E-state index contributed by atoms with van der Waals surface area (Å²) in [5.41, 5.74) is 4.08. The van der Waals surface area contributed by atoms with E-state index in [0.29, 0.717) is 31.9 Å². The predicted octanol–water partition coefficient (Wildman–Crippen LogP) is 1.64. The number of aromatic amines is 1. The van der Waals surface area contributed by atoms with E-state index < -0.39 is 0 Å². The lowest BCUT2D eigenvalue weighted by atomic mass is 10.1. The zero-order valence-corrected chi connectivity index (χ0v) is 14.3. The van der Waals surface area contributed by atoms with Gasteiger partial charge in [0.25, 0.3) is 5.91 Å². The van der Waals surface area contributed by atoms with E-state index >= 15 is 0 Å². The van der Waals surface area contributed by atoms with Crippen LogP contribution in [0.4, 0.5) is 5.69 Å². The Morgan fingerprint density at radius 2 is 1.84 bits per heavy atom.